The predicted molar refractivity (Wildman–Crippen MR) is 126 cm³/mol. The van der Waals surface area contributed by atoms with Crippen molar-refractivity contribution in [1.29, 1.82) is 0 Å². The molecule has 0 bridgehead atoms. The van der Waals surface area contributed by atoms with Crippen molar-refractivity contribution >= 4 is 29.1 Å². The highest BCUT2D eigenvalue weighted by molar-refractivity contribution is 7.98. The molecule has 0 N–H and O–H groups in total. The van der Waals surface area contributed by atoms with Crippen molar-refractivity contribution in [3.63, 3.8) is 0 Å². The van der Waals surface area contributed by atoms with Crippen molar-refractivity contribution in [2.45, 2.75) is 17.8 Å². The Morgan fingerprint density at radius 3 is 2.47 bits per heavy atom. The van der Waals surface area contributed by atoms with Gasteiger partial charge in [0.15, 0.2) is 11.0 Å². The first-order valence-electron chi connectivity index (χ1n) is 9.86. The van der Waals surface area contributed by atoms with Crippen molar-refractivity contribution < 1.29 is 9.66 Å². The lowest BCUT2D eigenvalue weighted by atomic mass is 10.2. The summed E-state index contributed by atoms with van der Waals surface area (Å²) >= 11 is 7.70. The first-order valence-corrected chi connectivity index (χ1v) is 11.2. The Bertz CT molecular complexity index is 1230. The van der Waals surface area contributed by atoms with Gasteiger partial charge in [-0.1, -0.05) is 47.6 Å². The van der Waals surface area contributed by atoms with Gasteiger partial charge in [0.05, 0.1) is 11.5 Å². The van der Waals surface area contributed by atoms with E-state index in [9.17, 15) is 10.1 Å². The molecule has 32 heavy (non-hydrogen) atoms. The molecule has 1 heterocycles. The smallest absolute Gasteiger partial charge is 0.269 e. The number of benzene rings is 3. The van der Waals surface area contributed by atoms with E-state index in [1.54, 1.807) is 12.1 Å². The fourth-order valence-electron chi connectivity index (χ4n) is 3.13. The molecule has 0 aliphatic carbocycles. The van der Waals surface area contributed by atoms with Gasteiger partial charge in [-0.15, -0.1) is 10.2 Å². The van der Waals surface area contributed by atoms with E-state index >= 15 is 0 Å². The van der Waals surface area contributed by atoms with E-state index in [1.165, 1.54) is 23.9 Å². The highest BCUT2D eigenvalue weighted by atomic mass is 35.5. The van der Waals surface area contributed by atoms with Crippen LogP contribution in [0, 0.1) is 10.1 Å². The Labute approximate surface area is 194 Å². The average Bonchev–Trinajstić information content (AvgIpc) is 3.23. The molecular weight excluding hydrogens is 448 g/mol. The third kappa shape index (κ3) is 4.92. The van der Waals surface area contributed by atoms with E-state index in [0.29, 0.717) is 28.4 Å². The molecule has 0 saturated heterocycles. The van der Waals surface area contributed by atoms with E-state index < -0.39 is 4.92 Å². The van der Waals surface area contributed by atoms with Crippen LogP contribution >= 0.6 is 23.4 Å². The van der Waals surface area contributed by atoms with Gasteiger partial charge in [-0.3, -0.25) is 14.7 Å². The zero-order chi connectivity index (χ0) is 22.5. The standard InChI is InChI=1S/C23H19ClN4O3S/c1-2-31-21-12-10-19(11-13-21)27-22(17-4-3-5-18(24)14-17)25-26-23(27)32-15-16-6-8-20(9-7-16)28(29)30/h3-14H,2,15H2,1H3. The minimum absolute atomic E-state index is 0.0690. The number of hydrogen-bond donors (Lipinski definition) is 0. The molecule has 0 unspecified atom stereocenters. The third-order valence-electron chi connectivity index (χ3n) is 4.64. The first kappa shape index (κ1) is 21.9. The number of halogens is 1. The second kappa shape index (κ2) is 9.84. The van der Waals surface area contributed by atoms with E-state index in [-0.39, 0.29) is 5.69 Å². The van der Waals surface area contributed by atoms with Gasteiger partial charge in [-0.25, -0.2) is 0 Å². The lowest BCUT2D eigenvalue weighted by Crippen LogP contribution is -2.00. The Hall–Kier alpha value is -3.36. The molecule has 0 spiro atoms. The van der Waals surface area contributed by atoms with Crippen molar-refractivity contribution in [2.24, 2.45) is 0 Å². The normalized spacial score (nSPS) is 10.8. The number of aromatic nitrogens is 3. The molecule has 7 nitrogen and oxygen atoms in total. The van der Waals surface area contributed by atoms with Crippen LogP contribution in [-0.2, 0) is 5.75 Å². The van der Waals surface area contributed by atoms with Crippen molar-refractivity contribution in [3.8, 4) is 22.8 Å². The van der Waals surface area contributed by atoms with Crippen LogP contribution in [0.15, 0.2) is 78.0 Å². The summed E-state index contributed by atoms with van der Waals surface area (Å²) in [6, 6.07) is 21.7. The lowest BCUT2D eigenvalue weighted by molar-refractivity contribution is -0.384. The van der Waals surface area contributed by atoms with Gasteiger partial charge in [0.1, 0.15) is 5.75 Å². The second-order valence-electron chi connectivity index (χ2n) is 6.79. The largest absolute Gasteiger partial charge is 0.494 e. The van der Waals surface area contributed by atoms with Crippen LogP contribution in [0.4, 0.5) is 5.69 Å². The molecule has 0 radical (unpaired) electrons. The molecule has 162 valence electrons. The summed E-state index contributed by atoms with van der Waals surface area (Å²) < 4.78 is 7.53. The number of nitro benzene ring substituents is 1. The summed E-state index contributed by atoms with van der Waals surface area (Å²) in [5, 5.41) is 21.0. The number of nitrogens with zero attached hydrogens (tertiary/aromatic N) is 4. The van der Waals surface area contributed by atoms with Crippen LogP contribution in [-0.4, -0.2) is 26.3 Å². The van der Waals surface area contributed by atoms with Crippen molar-refractivity contribution in [3.05, 3.63) is 93.5 Å². The zero-order valence-electron chi connectivity index (χ0n) is 17.1. The number of rotatable bonds is 8. The molecule has 9 heteroatoms. The minimum atomic E-state index is -0.406. The minimum Gasteiger partial charge on any atom is -0.494 e. The first-order chi connectivity index (χ1) is 15.5. The number of thioether (sulfide) groups is 1. The molecule has 1 aromatic heterocycles. The summed E-state index contributed by atoms with van der Waals surface area (Å²) in [4.78, 5) is 10.5. The van der Waals surface area contributed by atoms with Gasteiger partial charge in [0, 0.05) is 34.2 Å². The molecule has 0 fully saturated rings. The van der Waals surface area contributed by atoms with Gasteiger partial charge in [-0.05, 0) is 48.9 Å². The average molecular weight is 467 g/mol. The monoisotopic (exact) mass is 466 g/mol. The maximum Gasteiger partial charge on any atom is 0.269 e. The molecule has 0 saturated carbocycles. The van der Waals surface area contributed by atoms with E-state index in [2.05, 4.69) is 10.2 Å². The fourth-order valence-corrected chi connectivity index (χ4v) is 4.23. The Kier molecular flexibility index (Phi) is 6.72. The Morgan fingerprint density at radius 2 is 1.81 bits per heavy atom. The summed E-state index contributed by atoms with van der Waals surface area (Å²) in [5.74, 6) is 2.04. The van der Waals surface area contributed by atoms with E-state index in [1.807, 2.05) is 60.0 Å². The van der Waals surface area contributed by atoms with Crippen LogP contribution in [0.25, 0.3) is 17.1 Å². The fraction of sp³-hybridized carbons (Fsp3) is 0.130. The maximum absolute atomic E-state index is 10.9. The summed E-state index contributed by atoms with van der Waals surface area (Å²) in [6.45, 7) is 2.54. The molecule has 4 rings (SSSR count). The van der Waals surface area contributed by atoms with Gasteiger partial charge in [-0.2, -0.15) is 0 Å². The highest BCUT2D eigenvalue weighted by Gasteiger charge is 2.17. The second-order valence-corrected chi connectivity index (χ2v) is 8.17. The van der Waals surface area contributed by atoms with Crippen LogP contribution < -0.4 is 4.74 Å². The molecule has 0 aliphatic rings. The molecule has 0 atom stereocenters. The summed E-state index contributed by atoms with van der Waals surface area (Å²) in [5.41, 5.74) is 2.76. The van der Waals surface area contributed by atoms with Crippen LogP contribution in [0.1, 0.15) is 12.5 Å². The van der Waals surface area contributed by atoms with Gasteiger partial charge in [0.2, 0.25) is 0 Å². The highest BCUT2D eigenvalue weighted by Crippen LogP contribution is 2.31. The maximum atomic E-state index is 10.9. The van der Waals surface area contributed by atoms with E-state index in [4.69, 9.17) is 16.3 Å². The Balaban J connectivity index is 1.67. The zero-order valence-corrected chi connectivity index (χ0v) is 18.7. The molecular formula is C23H19ClN4O3S. The molecule has 0 amide bonds. The molecule has 0 aliphatic heterocycles. The van der Waals surface area contributed by atoms with Crippen LogP contribution in [0.3, 0.4) is 0 Å². The van der Waals surface area contributed by atoms with Gasteiger partial charge < -0.3 is 4.74 Å². The number of ether oxygens (including phenoxy) is 1. The SMILES string of the molecule is CCOc1ccc(-n2c(SCc3ccc([N+](=O)[O-])cc3)nnc2-c2cccc(Cl)c2)cc1. The quantitative estimate of drug-likeness (QED) is 0.175. The van der Waals surface area contributed by atoms with Crippen molar-refractivity contribution in [1.82, 2.24) is 14.8 Å². The van der Waals surface area contributed by atoms with E-state index in [0.717, 1.165) is 22.6 Å². The van der Waals surface area contributed by atoms with Gasteiger partial charge >= 0.3 is 0 Å². The topological polar surface area (TPSA) is 83.1 Å². The number of hydrogen-bond acceptors (Lipinski definition) is 6. The van der Waals surface area contributed by atoms with Crippen LogP contribution in [0.5, 0.6) is 5.75 Å². The van der Waals surface area contributed by atoms with Gasteiger partial charge in [0.25, 0.3) is 5.69 Å². The number of nitro groups is 1. The predicted octanol–water partition coefficient (Wildman–Crippen LogP) is 6.19. The van der Waals surface area contributed by atoms with Crippen LogP contribution in [0.2, 0.25) is 5.02 Å². The Morgan fingerprint density at radius 1 is 1.06 bits per heavy atom. The summed E-state index contributed by atoms with van der Waals surface area (Å²) in [7, 11) is 0. The molecule has 3 aromatic carbocycles. The van der Waals surface area contributed by atoms with Crippen molar-refractivity contribution in [2.75, 3.05) is 6.61 Å². The molecule has 4 aromatic rings. The number of non-ortho nitro benzene ring substituents is 1. The third-order valence-corrected chi connectivity index (χ3v) is 5.87. The lowest BCUT2D eigenvalue weighted by Gasteiger charge is -2.12. The summed E-state index contributed by atoms with van der Waals surface area (Å²) in [6.07, 6.45) is 0.